The summed E-state index contributed by atoms with van der Waals surface area (Å²) in [5.41, 5.74) is 0.584. The lowest BCUT2D eigenvalue weighted by Gasteiger charge is -2.13. The second-order valence-corrected chi connectivity index (χ2v) is 3.70. The van der Waals surface area contributed by atoms with Crippen LogP contribution < -0.4 is 0 Å². The zero-order valence-corrected chi connectivity index (χ0v) is 10.1. The SMILES string of the molecule is C=CCCC(/C=C/C)OC(=O)c1ccccc1. The Bertz CT molecular complexity index is 379. The van der Waals surface area contributed by atoms with Crippen LogP contribution in [-0.4, -0.2) is 12.1 Å². The Morgan fingerprint density at radius 1 is 1.41 bits per heavy atom. The lowest BCUT2D eigenvalue weighted by molar-refractivity contribution is 0.0382. The highest BCUT2D eigenvalue weighted by Gasteiger charge is 2.12. The van der Waals surface area contributed by atoms with Crippen LogP contribution in [0.3, 0.4) is 0 Å². The van der Waals surface area contributed by atoms with E-state index in [1.807, 2.05) is 43.4 Å². The van der Waals surface area contributed by atoms with E-state index in [0.29, 0.717) is 5.56 Å². The molecule has 90 valence electrons. The van der Waals surface area contributed by atoms with Crippen molar-refractivity contribution < 1.29 is 9.53 Å². The van der Waals surface area contributed by atoms with Gasteiger partial charge in [0.05, 0.1) is 5.56 Å². The Kier molecular flexibility index (Phi) is 5.80. The predicted molar refractivity (Wildman–Crippen MR) is 69.9 cm³/mol. The Morgan fingerprint density at radius 3 is 2.71 bits per heavy atom. The summed E-state index contributed by atoms with van der Waals surface area (Å²) in [6.45, 7) is 5.58. The molecule has 1 aromatic rings. The first kappa shape index (κ1) is 13.2. The summed E-state index contributed by atoms with van der Waals surface area (Å²) in [5, 5.41) is 0. The van der Waals surface area contributed by atoms with E-state index in [1.54, 1.807) is 12.1 Å². The quantitative estimate of drug-likeness (QED) is 0.549. The van der Waals surface area contributed by atoms with Crippen LogP contribution in [0.15, 0.2) is 55.1 Å². The maximum Gasteiger partial charge on any atom is 0.338 e. The van der Waals surface area contributed by atoms with Crippen LogP contribution in [0, 0.1) is 0 Å². The number of benzene rings is 1. The van der Waals surface area contributed by atoms with Gasteiger partial charge in [-0.3, -0.25) is 0 Å². The molecule has 1 atom stereocenters. The van der Waals surface area contributed by atoms with Crippen molar-refractivity contribution in [1.82, 2.24) is 0 Å². The van der Waals surface area contributed by atoms with Crippen LogP contribution in [0.1, 0.15) is 30.1 Å². The fourth-order valence-corrected chi connectivity index (χ4v) is 1.47. The van der Waals surface area contributed by atoms with Gasteiger partial charge in [-0.15, -0.1) is 6.58 Å². The topological polar surface area (TPSA) is 26.3 Å². The fraction of sp³-hybridized carbons (Fsp3) is 0.267. The molecule has 17 heavy (non-hydrogen) atoms. The molecule has 0 amide bonds. The van der Waals surface area contributed by atoms with Gasteiger partial charge in [-0.05, 0) is 38.0 Å². The Hall–Kier alpha value is -1.83. The molecule has 0 fully saturated rings. The number of ether oxygens (including phenoxy) is 1. The first-order chi connectivity index (χ1) is 8.27. The first-order valence-electron chi connectivity index (χ1n) is 5.77. The van der Waals surface area contributed by atoms with Gasteiger partial charge >= 0.3 is 5.97 Å². The van der Waals surface area contributed by atoms with Gasteiger partial charge in [-0.25, -0.2) is 4.79 Å². The summed E-state index contributed by atoms with van der Waals surface area (Å²) >= 11 is 0. The number of esters is 1. The average molecular weight is 230 g/mol. The van der Waals surface area contributed by atoms with Crippen molar-refractivity contribution in [3.63, 3.8) is 0 Å². The second-order valence-electron chi connectivity index (χ2n) is 3.70. The van der Waals surface area contributed by atoms with Gasteiger partial charge in [0, 0.05) is 0 Å². The molecule has 1 aromatic carbocycles. The van der Waals surface area contributed by atoms with Crippen molar-refractivity contribution >= 4 is 5.97 Å². The number of carbonyl (C=O) groups excluding carboxylic acids is 1. The monoisotopic (exact) mass is 230 g/mol. The largest absolute Gasteiger partial charge is 0.455 e. The maximum atomic E-state index is 11.8. The molecule has 2 nitrogen and oxygen atoms in total. The molecule has 0 N–H and O–H groups in total. The van der Waals surface area contributed by atoms with Crippen LogP contribution >= 0.6 is 0 Å². The molecule has 1 unspecified atom stereocenters. The summed E-state index contributed by atoms with van der Waals surface area (Å²) in [5.74, 6) is -0.280. The molecule has 0 bridgehead atoms. The average Bonchev–Trinajstić information content (AvgIpc) is 2.37. The molecule has 0 spiro atoms. The minimum atomic E-state index is -0.280. The van der Waals surface area contributed by atoms with E-state index in [0.717, 1.165) is 12.8 Å². The molecule has 2 heteroatoms. The normalized spacial score (nSPS) is 12.3. The highest BCUT2D eigenvalue weighted by atomic mass is 16.5. The molecule has 0 aliphatic carbocycles. The number of carbonyl (C=O) groups is 1. The summed E-state index contributed by atoms with van der Waals surface area (Å²) in [6.07, 6.45) is 7.04. The van der Waals surface area contributed by atoms with Gasteiger partial charge in [0.2, 0.25) is 0 Å². The minimum Gasteiger partial charge on any atom is -0.455 e. The third-order valence-corrected chi connectivity index (χ3v) is 2.33. The molecule has 0 heterocycles. The van der Waals surface area contributed by atoms with E-state index in [2.05, 4.69) is 6.58 Å². The standard InChI is InChI=1S/C15H18O2/c1-3-5-12-14(9-4-2)17-15(16)13-10-7-6-8-11-13/h3-4,6-11,14H,1,5,12H2,2H3/b9-4+. The van der Waals surface area contributed by atoms with E-state index in [9.17, 15) is 4.79 Å². The van der Waals surface area contributed by atoms with Crippen molar-refractivity contribution in [3.05, 3.63) is 60.7 Å². The molecule has 0 aliphatic rings. The Labute approximate surface area is 103 Å². The summed E-state index contributed by atoms with van der Waals surface area (Å²) in [6, 6.07) is 9.03. The zero-order chi connectivity index (χ0) is 12.5. The molecule has 0 saturated heterocycles. The van der Waals surface area contributed by atoms with Gasteiger partial charge in [0.1, 0.15) is 6.10 Å². The fourth-order valence-electron chi connectivity index (χ4n) is 1.47. The molecule has 1 rings (SSSR count). The number of rotatable bonds is 6. The van der Waals surface area contributed by atoms with Crippen molar-refractivity contribution in [3.8, 4) is 0 Å². The van der Waals surface area contributed by atoms with Crippen molar-refractivity contribution in [1.29, 1.82) is 0 Å². The van der Waals surface area contributed by atoms with Crippen LogP contribution in [0.25, 0.3) is 0 Å². The van der Waals surface area contributed by atoms with Crippen LogP contribution in [0.4, 0.5) is 0 Å². The van der Waals surface area contributed by atoms with E-state index >= 15 is 0 Å². The van der Waals surface area contributed by atoms with Gasteiger partial charge in [0.15, 0.2) is 0 Å². The molecule has 0 saturated carbocycles. The van der Waals surface area contributed by atoms with Crippen molar-refractivity contribution in [2.75, 3.05) is 0 Å². The highest BCUT2D eigenvalue weighted by Crippen LogP contribution is 2.09. The van der Waals surface area contributed by atoms with Crippen LogP contribution in [0.2, 0.25) is 0 Å². The van der Waals surface area contributed by atoms with Gasteiger partial charge < -0.3 is 4.74 Å². The lowest BCUT2D eigenvalue weighted by Crippen LogP contribution is -2.16. The summed E-state index contributed by atoms with van der Waals surface area (Å²) < 4.78 is 5.41. The summed E-state index contributed by atoms with van der Waals surface area (Å²) in [4.78, 5) is 11.8. The van der Waals surface area contributed by atoms with E-state index in [1.165, 1.54) is 0 Å². The van der Waals surface area contributed by atoms with Crippen LogP contribution in [0.5, 0.6) is 0 Å². The predicted octanol–water partition coefficient (Wildman–Crippen LogP) is 3.75. The first-order valence-corrected chi connectivity index (χ1v) is 5.77. The molecular weight excluding hydrogens is 212 g/mol. The van der Waals surface area contributed by atoms with Crippen molar-refractivity contribution in [2.45, 2.75) is 25.9 Å². The van der Waals surface area contributed by atoms with E-state index in [4.69, 9.17) is 4.74 Å². The Morgan fingerprint density at radius 2 is 2.12 bits per heavy atom. The molecule has 0 radical (unpaired) electrons. The Balaban J connectivity index is 2.60. The van der Waals surface area contributed by atoms with E-state index < -0.39 is 0 Å². The smallest absolute Gasteiger partial charge is 0.338 e. The number of hydrogen-bond acceptors (Lipinski definition) is 2. The molecule has 0 aromatic heterocycles. The maximum absolute atomic E-state index is 11.8. The van der Waals surface area contributed by atoms with Crippen LogP contribution in [-0.2, 0) is 4.74 Å². The van der Waals surface area contributed by atoms with Gasteiger partial charge in [-0.2, -0.15) is 0 Å². The van der Waals surface area contributed by atoms with Gasteiger partial charge in [-0.1, -0.05) is 30.4 Å². The lowest BCUT2D eigenvalue weighted by atomic mass is 10.1. The zero-order valence-electron chi connectivity index (χ0n) is 10.1. The number of hydrogen-bond donors (Lipinski definition) is 0. The summed E-state index contributed by atoms with van der Waals surface area (Å²) in [7, 11) is 0. The minimum absolute atomic E-state index is 0.175. The third-order valence-electron chi connectivity index (χ3n) is 2.33. The van der Waals surface area contributed by atoms with Gasteiger partial charge in [0.25, 0.3) is 0 Å². The number of allylic oxidation sites excluding steroid dienone is 2. The van der Waals surface area contributed by atoms with E-state index in [-0.39, 0.29) is 12.1 Å². The molecular formula is C15H18O2. The van der Waals surface area contributed by atoms with Crippen molar-refractivity contribution in [2.24, 2.45) is 0 Å². The third kappa shape index (κ3) is 4.68. The highest BCUT2D eigenvalue weighted by molar-refractivity contribution is 5.89. The molecule has 0 aliphatic heterocycles. The second kappa shape index (κ2) is 7.44.